The summed E-state index contributed by atoms with van der Waals surface area (Å²) < 4.78 is 5.49. The van der Waals surface area contributed by atoms with Crippen LogP contribution in [0.15, 0.2) is 18.2 Å². The molecule has 0 radical (unpaired) electrons. The monoisotopic (exact) mass is 332 g/mol. The largest absolute Gasteiger partial charge is 0.453 e. The minimum absolute atomic E-state index is 0.127. The van der Waals surface area contributed by atoms with E-state index in [1.807, 2.05) is 6.92 Å². The molecule has 0 unspecified atom stereocenters. The van der Waals surface area contributed by atoms with Crippen molar-refractivity contribution in [3.8, 4) is 0 Å². The molecule has 1 aliphatic heterocycles. The topological polar surface area (TPSA) is 35.2 Å². The van der Waals surface area contributed by atoms with Crippen molar-refractivity contribution in [3.05, 3.63) is 33.8 Å². The zero-order chi connectivity index (χ0) is 15.4. The summed E-state index contributed by atoms with van der Waals surface area (Å²) >= 11 is 11.8. The van der Waals surface area contributed by atoms with Gasteiger partial charge in [-0.25, -0.2) is 4.79 Å². The van der Waals surface area contributed by atoms with Crippen LogP contribution in [0.4, 0.5) is 0 Å². The number of likely N-dealkylation sites (N-methyl/N-ethyl adjacent to an activating group) is 1. The number of benzene rings is 1. The van der Waals surface area contributed by atoms with E-state index in [2.05, 4.69) is 7.05 Å². The maximum Gasteiger partial charge on any atom is 0.340 e. The van der Waals surface area contributed by atoms with Crippen LogP contribution in [0.2, 0.25) is 10.0 Å². The number of piperazine rings is 1. The Balaban J connectivity index is 1.87. The van der Waals surface area contributed by atoms with Crippen molar-refractivity contribution in [3.63, 3.8) is 0 Å². The van der Waals surface area contributed by atoms with Gasteiger partial charge in [0.2, 0.25) is 0 Å². The molecule has 1 saturated heterocycles. The number of carbonyl (C=O) groups excluding carboxylic acids is 1. The van der Waals surface area contributed by atoms with Crippen molar-refractivity contribution >= 4 is 29.2 Å². The Bertz CT molecular complexity index is 502. The fraction of sp³-hybridized carbons (Fsp3) is 0.533. The SMILES string of the molecule is C[C@@H](C[NH+]1CC[NH+](C)CC1)OC(=O)c1ccc(Cl)cc1Cl. The Morgan fingerprint density at radius 3 is 2.57 bits per heavy atom. The number of nitrogens with one attached hydrogen (secondary N) is 2. The molecular formula is C15H22Cl2N2O2+2. The van der Waals surface area contributed by atoms with Gasteiger partial charge in [-0.05, 0) is 25.1 Å². The smallest absolute Gasteiger partial charge is 0.340 e. The first-order valence-corrected chi connectivity index (χ1v) is 8.02. The molecule has 0 aliphatic carbocycles. The van der Waals surface area contributed by atoms with Crippen molar-refractivity contribution in [2.45, 2.75) is 13.0 Å². The number of halogens is 2. The van der Waals surface area contributed by atoms with E-state index in [0.29, 0.717) is 15.6 Å². The molecule has 4 nitrogen and oxygen atoms in total. The third-order valence-corrected chi connectivity index (χ3v) is 4.39. The van der Waals surface area contributed by atoms with Gasteiger partial charge in [-0.15, -0.1) is 0 Å². The lowest BCUT2D eigenvalue weighted by Crippen LogP contribution is -3.27. The molecule has 0 bridgehead atoms. The molecule has 21 heavy (non-hydrogen) atoms. The molecule has 1 fully saturated rings. The molecule has 0 amide bonds. The second kappa shape index (κ2) is 7.45. The first-order chi connectivity index (χ1) is 9.95. The number of ether oxygens (including phenoxy) is 1. The second-order valence-corrected chi connectivity index (χ2v) is 6.59. The zero-order valence-electron chi connectivity index (χ0n) is 12.4. The maximum absolute atomic E-state index is 12.1. The van der Waals surface area contributed by atoms with Gasteiger partial charge in [0, 0.05) is 5.02 Å². The van der Waals surface area contributed by atoms with Crippen LogP contribution in [0.1, 0.15) is 17.3 Å². The average Bonchev–Trinajstić information content (AvgIpc) is 2.41. The van der Waals surface area contributed by atoms with Gasteiger partial charge in [0.05, 0.1) is 17.6 Å². The van der Waals surface area contributed by atoms with E-state index in [0.717, 1.165) is 19.6 Å². The molecular weight excluding hydrogens is 311 g/mol. The van der Waals surface area contributed by atoms with E-state index in [4.69, 9.17) is 27.9 Å². The van der Waals surface area contributed by atoms with E-state index in [1.54, 1.807) is 23.1 Å². The number of esters is 1. The van der Waals surface area contributed by atoms with Crippen LogP contribution < -0.4 is 9.80 Å². The third-order valence-electron chi connectivity index (χ3n) is 3.85. The summed E-state index contributed by atoms with van der Waals surface area (Å²) in [4.78, 5) is 15.2. The Morgan fingerprint density at radius 2 is 1.95 bits per heavy atom. The predicted octanol–water partition coefficient (Wildman–Crippen LogP) is -0.0481. The zero-order valence-corrected chi connectivity index (χ0v) is 13.9. The molecule has 0 aromatic heterocycles. The Morgan fingerprint density at radius 1 is 1.29 bits per heavy atom. The van der Waals surface area contributed by atoms with Gasteiger partial charge < -0.3 is 14.5 Å². The second-order valence-electron chi connectivity index (χ2n) is 5.75. The van der Waals surface area contributed by atoms with E-state index < -0.39 is 0 Å². The van der Waals surface area contributed by atoms with Gasteiger partial charge in [-0.3, -0.25) is 0 Å². The highest BCUT2D eigenvalue weighted by atomic mass is 35.5. The van der Waals surface area contributed by atoms with Crippen molar-refractivity contribution in [2.24, 2.45) is 0 Å². The van der Waals surface area contributed by atoms with Gasteiger partial charge in [-0.2, -0.15) is 0 Å². The number of carbonyl (C=O) groups is 1. The number of quaternary nitrogens is 2. The third kappa shape index (κ3) is 4.85. The molecule has 0 saturated carbocycles. The molecule has 6 heteroatoms. The lowest BCUT2D eigenvalue weighted by Gasteiger charge is -2.28. The summed E-state index contributed by atoms with van der Waals surface area (Å²) in [5.41, 5.74) is 0.366. The summed E-state index contributed by atoms with van der Waals surface area (Å²) in [6.45, 7) is 7.34. The van der Waals surface area contributed by atoms with Crippen molar-refractivity contribution in [2.75, 3.05) is 39.8 Å². The molecule has 1 heterocycles. The first kappa shape index (κ1) is 16.6. The lowest BCUT2D eigenvalue weighted by molar-refractivity contribution is -1.00. The number of rotatable bonds is 4. The number of hydrogen-bond donors (Lipinski definition) is 2. The quantitative estimate of drug-likeness (QED) is 0.758. The molecule has 1 aromatic rings. The maximum atomic E-state index is 12.1. The lowest BCUT2D eigenvalue weighted by atomic mass is 10.2. The van der Waals surface area contributed by atoms with Gasteiger partial charge >= 0.3 is 5.97 Å². The van der Waals surface area contributed by atoms with Gasteiger partial charge in [0.1, 0.15) is 38.8 Å². The van der Waals surface area contributed by atoms with Crippen molar-refractivity contribution in [1.29, 1.82) is 0 Å². The van der Waals surface area contributed by atoms with Crippen molar-refractivity contribution in [1.82, 2.24) is 0 Å². The normalized spacial score (nSPS) is 23.6. The van der Waals surface area contributed by atoms with Crippen LogP contribution in [0.25, 0.3) is 0 Å². The minimum Gasteiger partial charge on any atom is -0.453 e. The van der Waals surface area contributed by atoms with Crippen molar-refractivity contribution < 1.29 is 19.3 Å². The van der Waals surface area contributed by atoms with Crippen LogP contribution in [0.5, 0.6) is 0 Å². The highest BCUT2D eigenvalue weighted by Crippen LogP contribution is 2.21. The average molecular weight is 333 g/mol. The Kier molecular flexibility index (Phi) is 5.88. The fourth-order valence-corrected chi connectivity index (χ4v) is 3.07. The molecule has 2 N–H and O–H groups in total. The van der Waals surface area contributed by atoms with Crippen LogP contribution in [-0.2, 0) is 4.74 Å². The molecule has 2 rings (SSSR count). The number of hydrogen-bond acceptors (Lipinski definition) is 2. The van der Waals surface area contributed by atoms with E-state index in [-0.39, 0.29) is 12.1 Å². The highest BCUT2D eigenvalue weighted by Gasteiger charge is 2.24. The summed E-state index contributed by atoms with van der Waals surface area (Å²) in [5.74, 6) is -0.386. The first-order valence-electron chi connectivity index (χ1n) is 7.26. The Labute approximate surface area is 135 Å². The molecule has 1 aromatic carbocycles. The minimum atomic E-state index is -0.386. The predicted molar refractivity (Wildman–Crippen MR) is 83.5 cm³/mol. The van der Waals surface area contributed by atoms with E-state index in [1.165, 1.54) is 18.0 Å². The van der Waals surface area contributed by atoms with Gasteiger partial charge in [-0.1, -0.05) is 23.2 Å². The molecule has 1 atom stereocenters. The summed E-state index contributed by atoms with van der Waals surface area (Å²) in [6.07, 6.45) is -0.127. The highest BCUT2D eigenvalue weighted by molar-refractivity contribution is 6.36. The summed E-state index contributed by atoms with van der Waals surface area (Å²) in [7, 11) is 2.21. The van der Waals surface area contributed by atoms with Crippen LogP contribution in [0.3, 0.4) is 0 Å². The molecule has 116 valence electrons. The molecule has 0 spiro atoms. The Hall–Kier alpha value is -0.810. The van der Waals surface area contributed by atoms with Gasteiger partial charge in [0.15, 0.2) is 0 Å². The van der Waals surface area contributed by atoms with E-state index in [9.17, 15) is 4.79 Å². The molecule has 1 aliphatic rings. The van der Waals surface area contributed by atoms with Crippen LogP contribution in [0, 0.1) is 0 Å². The van der Waals surface area contributed by atoms with Crippen LogP contribution in [-0.4, -0.2) is 51.8 Å². The standard InChI is InChI=1S/C15H20Cl2N2O2/c1-11(10-19-7-5-18(2)6-8-19)21-15(20)13-4-3-12(16)9-14(13)17/h3-4,9,11H,5-8,10H2,1-2H3/p+2/t11-/m0/s1. The van der Waals surface area contributed by atoms with E-state index >= 15 is 0 Å². The fourth-order valence-electron chi connectivity index (χ4n) is 2.58. The summed E-state index contributed by atoms with van der Waals surface area (Å²) in [5, 5.41) is 0.837. The summed E-state index contributed by atoms with van der Waals surface area (Å²) in [6, 6.07) is 4.80. The van der Waals surface area contributed by atoms with Crippen LogP contribution >= 0.6 is 23.2 Å². The van der Waals surface area contributed by atoms with Gasteiger partial charge in [0.25, 0.3) is 0 Å².